The van der Waals surface area contributed by atoms with E-state index in [-0.39, 0.29) is 30.4 Å². The number of amides is 1. The van der Waals surface area contributed by atoms with Crippen LogP contribution in [0.25, 0.3) is 0 Å². The Morgan fingerprint density at radius 2 is 1.72 bits per heavy atom. The van der Waals surface area contributed by atoms with E-state index in [9.17, 15) is 18.0 Å². The van der Waals surface area contributed by atoms with Crippen LogP contribution in [-0.2, 0) is 19.6 Å². The third-order valence-electron chi connectivity index (χ3n) is 4.64. The topological polar surface area (TPSA) is 92.8 Å². The normalized spacial score (nSPS) is 11.5. The monoisotopic (exact) mass is 418 g/mol. The third kappa shape index (κ3) is 5.72. The highest BCUT2D eigenvalue weighted by atomic mass is 32.2. The van der Waals surface area contributed by atoms with Crippen LogP contribution in [-0.4, -0.2) is 51.2 Å². The van der Waals surface area contributed by atoms with Crippen molar-refractivity contribution >= 4 is 27.4 Å². The molecule has 0 heterocycles. The molecule has 156 valence electrons. The van der Waals surface area contributed by atoms with Gasteiger partial charge in [0.15, 0.2) is 5.78 Å². The summed E-state index contributed by atoms with van der Waals surface area (Å²) in [5, 5.41) is 2.78. The lowest BCUT2D eigenvalue weighted by molar-refractivity contribution is -0.116. The number of methoxy groups -OCH3 is 1. The smallest absolute Gasteiger partial charge is 0.243 e. The van der Waals surface area contributed by atoms with Crippen LogP contribution in [0.2, 0.25) is 0 Å². The van der Waals surface area contributed by atoms with E-state index in [4.69, 9.17) is 4.74 Å². The van der Waals surface area contributed by atoms with Crippen LogP contribution >= 0.6 is 0 Å². The van der Waals surface area contributed by atoms with Gasteiger partial charge in [0.05, 0.1) is 18.0 Å². The van der Waals surface area contributed by atoms with E-state index in [1.165, 1.54) is 38.3 Å². The number of hydrogen-bond donors (Lipinski definition) is 1. The predicted octanol–water partition coefficient (Wildman–Crippen LogP) is 2.78. The largest absolute Gasteiger partial charge is 0.383 e. The van der Waals surface area contributed by atoms with E-state index in [2.05, 4.69) is 5.32 Å². The Kier molecular flexibility index (Phi) is 7.66. The van der Waals surface area contributed by atoms with Crippen molar-refractivity contribution in [3.63, 3.8) is 0 Å². The lowest BCUT2D eigenvalue weighted by atomic mass is 10.1. The highest BCUT2D eigenvalue weighted by molar-refractivity contribution is 7.89. The van der Waals surface area contributed by atoms with Gasteiger partial charge in [-0.2, -0.15) is 4.31 Å². The van der Waals surface area contributed by atoms with Crippen molar-refractivity contribution in [2.75, 3.05) is 32.1 Å². The fraction of sp³-hybridized carbons (Fsp3) is 0.333. The SMILES string of the molecule is COCCN(CC(=O)Nc1cccc(C)c1C)S(=O)(=O)c1ccc(C(C)=O)cc1. The Morgan fingerprint density at radius 3 is 2.31 bits per heavy atom. The highest BCUT2D eigenvalue weighted by Gasteiger charge is 2.26. The number of rotatable bonds is 9. The summed E-state index contributed by atoms with van der Waals surface area (Å²) in [4.78, 5) is 24.0. The van der Waals surface area contributed by atoms with Gasteiger partial charge >= 0.3 is 0 Å². The number of sulfonamides is 1. The molecule has 0 saturated heterocycles. The maximum Gasteiger partial charge on any atom is 0.243 e. The molecular weight excluding hydrogens is 392 g/mol. The molecule has 0 saturated carbocycles. The van der Waals surface area contributed by atoms with Crippen LogP contribution in [0.3, 0.4) is 0 Å². The lowest BCUT2D eigenvalue weighted by Gasteiger charge is -2.22. The quantitative estimate of drug-likeness (QED) is 0.632. The molecule has 1 amide bonds. The third-order valence-corrected chi connectivity index (χ3v) is 6.50. The fourth-order valence-corrected chi connectivity index (χ4v) is 4.10. The molecule has 0 aliphatic rings. The van der Waals surface area contributed by atoms with Gasteiger partial charge in [0, 0.05) is 24.9 Å². The number of anilines is 1. The zero-order chi connectivity index (χ0) is 21.6. The van der Waals surface area contributed by atoms with Crippen LogP contribution in [0, 0.1) is 13.8 Å². The second kappa shape index (κ2) is 9.78. The van der Waals surface area contributed by atoms with Crippen molar-refractivity contribution in [3.8, 4) is 0 Å². The second-order valence-corrected chi connectivity index (χ2v) is 8.65. The number of hydrogen-bond acceptors (Lipinski definition) is 5. The zero-order valence-corrected chi connectivity index (χ0v) is 17.9. The molecule has 0 bridgehead atoms. The molecule has 7 nitrogen and oxygen atoms in total. The van der Waals surface area contributed by atoms with E-state index in [0.717, 1.165) is 15.4 Å². The molecular formula is C21H26N2O5S. The molecule has 0 aliphatic carbocycles. The first-order chi connectivity index (χ1) is 13.7. The molecule has 2 rings (SSSR count). The average molecular weight is 419 g/mol. The maximum absolute atomic E-state index is 13.0. The minimum Gasteiger partial charge on any atom is -0.383 e. The summed E-state index contributed by atoms with van der Waals surface area (Å²) >= 11 is 0. The van der Waals surface area contributed by atoms with Gasteiger partial charge in [-0.15, -0.1) is 0 Å². The fourth-order valence-electron chi connectivity index (χ4n) is 2.72. The van der Waals surface area contributed by atoms with Crippen molar-refractivity contribution in [2.24, 2.45) is 0 Å². The standard InChI is InChI=1S/C21H26N2O5S/c1-15-6-5-7-20(16(15)2)22-21(25)14-23(12-13-28-4)29(26,27)19-10-8-18(9-11-19)17(3)24/h5-11H,12-14H2,1-4H3,(H,22,25). The zero-order valence-electron chi connectivity index (χ0n) is 17.1. The minimum absolute atomic E-state index is 0.0122. The molecule has 0 spiro atoms. The van der Waals surface area contributed by atoms with Crippen LogP contribution in [0.15, 0.2) is 47.4 Å². The summed E-state index contributed by atoms with van der Waals surface area (Å²) in [6, 6.07) is 11.2. The van der Waals surface area contributed by atoms with Crippen LogP contribution in [0.1, 0.15) is 28.4 Å². The number of carbonyl (C=O) groups excluding carboxylic acids is 2. The number of Topliss-reactive ketones (excluding diaryl/α,β-unsaturated/α-hetero) is 1. The number of ether oxygens (including phenoxy) is 1. The van der Waals surface area contributed by atoms with Crippen molar-refractivity contribution in [2.45, 2.75) is 25.7 Å². The highest BCUT2D eigenvalue weighted by Crippen LogP contribution is 2.20. The molecule has 0 fully saturated rings. The first kappa shape index (κ1) is 22.7. The van der Waals surface area contributed by atoms with Crippen LogP contribution in [0.4, 0.5) is 5.69 Å². The Hall–Kier alpha value is -2.55. The summed E-state index contributed by atoms with van der Waals surface area (Å²) in [6.07, 6.45) is 0. The van der Waals surface area contributed by atoms with E-state index < -0.39 is 15.9 Å². The molecule has 0 aromatic heterocycles. The van der Waals surface area contributed by atoms with Gasteiger partial charge in [0.25, 0.3) is 0 Å². The number of nitrogens with one attached hydrogen (secondary N) is 1. The summed E-state index contributed by atoms with van der Waals surface area (Å²) < 4.78 is 32.1. The Balaban J connectivity index is 2.24. The minimum atomic E-state index is -3.94. The second-order valence-electron chi connectivity index (χ2n) is 6.71. The number of nitrogens with zero attached hydrogens (tertiary/aromatic N) is 1. The van der Waals surface area contributed by atoms with Crippen LogP contribution < -0.4 is 5.32 Å². The van der Waals surface area contributed by atoms with Gasteiger partial charge < -0.3 is 10.1 Å². The first-order valence-corrected chi connectivity index (χ1v) is 10.6. The van der Waals surface area contributed by atoms with Gasteiger partial charge in [0.2, 0.25) is 15.9 Å². The number of ketones is 1. The summed E-state index contributed by atoms with van der Waals surface area (Å²) in [7, 11) is -2.48. The Bertz CT molecular complexity index is 985. The summed E-state index contributed by atoms with van der Waals surface area (Å²) in [6.45, 7) is 5.04. The number of carbonyl (C=O) groups is 2. The average Bonchev–Trinajstić information content (AvgIpc) is 2.68. The van der Waals surface area contributed by atoms with E-state index in [1.54, 1.807) is 6.07 Å². The molecule has 29 heavy (non-hydrogen) atoms. The van der Waals surface area contributed by atoms with Gasteiger partial charge in [-0.25, -0.2) is 8.42 Å². The van der Waals surface area contributed by atoms with E-state index >= 15 is 0 Å². The van der Waals surface area contributed by atoms with Crippen molar-refractivity contribution in [1.82, 2.24) is 4.31 Å². The first-order valence-electron chi connectivity index (χ1n) is 9.13. The van der Waals surface area contributed by atoms with Crippen LogP contribution in [0.5, 0.6) is 0 Å². The van der Waals surface area contributed by atoms with E-state index in [1.807, 2.05) is 26.0 Å². The van der Waals surface area contributed by atoms with E-state index in [0.29, 0.717) is 11.3 Å². The Labute approximate surface area is 171 Å². The van der Waals surface area contributed by atoms with Gasteiger partial charge in [-0.05, 0) is 50.1 Å². The maximum atomic E-state index is 13.0. The Morgan fingerprint density at radius 1 is 1.07 bits per heavy atom. The predicted molar refractivity (Wildman–Crippen MR) is 112 cm³/mol. The molecule has 1 N–H and O–H groups in total. The molecule has 0 radical (unpaired) electrons. The molecule has 0 unspecified atom stereocenters. The van der Waals surface area contributed by atoms with Crippen molar-refractivity contribution < 1.29 is 22.7 Å². The molecule has 2 aromatic carbocycles. The molecule has 8 heteroatoms. The number of aryl methyl sites for hydroxylation is 1. The van der Waals surface area contributed by atoms with Gasteiger partial charge in [-0.3, -0.25) is 9.59 Å². The van der Waals surface area contributed by atoms with Gasteiger partial charge in [0.1, 0.15) is 0 Å². The summed E-state index contributed by atoms with van der Waals surface area (Å²) in [5.41, 5.74) is 3.01. The number of benzene rings is 2. The molecule has 0 aliphatic heterocycles. The molecule has 2 aromatic rings. The van der Waals surface area contributed by atoms with Gasteiger partial charge in [-0.1, -0.05) is 24.3 Å². The van der Waals surface area contributed by atoms with Crippen molar-refractivity contribution in [1.29, 1.82) is 0 Å². The van der Waals surface area contributed by atoms with Crippen molar-refractivity contribution in [3.05, 3.63) is 59.2 Å². The summed E-state index contributed by atoms with van der Waals surface area (Å²) in [5.74, 6) is -0.600. The lowest BCUT2D eigenvalue weighted by Crippen LogP contribution is -2.40. The molecule has 0 atom stereocenters.